The lowest BCUT2D eigenvalue weighted by atomic mass is 9.81. The van der Waals surface area contributed by atoms with Crippen LogP contribution in [0.15, 0.2) is 0 Å². The molecule has 0 fully saturated rings. The molecule has 5 heteroatoms. The number of rotatable bonds is 16. The van der Waals surface area contributed by atoms with Crippen LogP contribution in [0.2, 0.25) is 0 Å². The van der Waals surface area contributed by atoms with Crippen LogP contribution in [0.1, 0.15) is 128 Å². The van der Waals surface area contributed by atoms with Gasteiger partial charge in [0, 0.05) is 12.0 Å². The lowest BCUT2D eigenvalue weighted by molar-refractivity contribution is -0.168. The third-order valence-corrected chi connectivity index (χ3v) is 8.96. The van der Waals surface area contributed by atoms with E-state index >= 15 is 0 Å². The van der Waals surface area contributed by atoms with Crippen molar-refractivity contribution in [2.75, 3.05) is 0 Å². The number of hydrogen-bond donors (Lipinski definition) is 2. The second kappa shape index (κ2) is 14.6. The van der Waals surface area contributed by atoms with Crippen LogP contribution in [-0.2, 0) is 16.0 Å². The lowest BCUT2D eigenvalue weighted by Gasteiger charge is -2.44. The quantitative estimate of drug-likeness (QED) is 0.223. The van der Waals surface area contributed by atoms with Crippen molar-refractivity contribution in [3.8, 4) is 11.5 Å². The number of aromatic hydroxyl groups is 1. The Morgan fingerprint density at radius 1 is 0.947 bits per heavy atom. The number of carbonyl (C=O) groups is 1. The zero-order valence-corrected chi connectivity index (χ0v) is 25.8. The van der Waals surface area contributed by atoms with E-state index in [1.54, 1.807) is 0 Å². The molecule has 0 radical (unpaired) electrons. The Labute approximate surface area is 232 Å². The third kappa shape index (κ3) is 8.63. The Morgan fingerprint density at radius 3 is 2.03 bits per heavy atom. The van der Waals surface area contributed by atoms with Crippen LogP contribution in [0.4, 0.5) is 0 Å². The predicted molar refractivity (Wildman–Crippen MR) is 156 cm³/mol. The molecule has 1 heterocycles. The van der Waals surface area contributed by atoms with Crippen molar-refractivity contribution in [3.05, 3.63) is 22.3 Å². The molecule has 0 saturated carbocycles. The summed E-state index contributed by atoms with van der Waals surface area (Å²) in [6, 6.07) is 0. The summed E-state index contributed by atoms with van der Waals surface area (Å²) in [5, 5.41) is 20.3. The molecular formula is C33H56O5. The second-order valence-corrected chi connectivity index (χ2v) is 12.9. The van der Waals surface area contributed by atoms with E-state index in [0.717, 1.165) is 59.1 Å². The van der Waals surface area contributed by atoms with Crippen LogP contribution in [0.25, 0.3) is 0 Å². The van der Waals surface area contributed by atoms with Crippen LogP contribution in [0.3, 0.4) is 0 Å². The molecule has 1 aromatic carbocycles. The first-order valence-electron chi connectivity index (χ1n) is 15.2. The summed E-state index contributed by atoms with van der Waals surface area (Å²) < 4.78 is 13.0. The molecule has 5 atom stereocenters. The van der Waals surface area contributed by atoms with Gasteiger partial charge in [-0.1, -0.05) is 79.6 Å². The summed E-state index contributed by atoms with van der Waals surface area (Å²) >= 11 is 0. The van der Waals surface area contributed by atoms with Gasteiger partial charge in [0.15, 0.2) is 6.10 Å². The molecule has 5 nitrogen and oxygen atoms in total. The van der Waals surface area contributed by atoms with E-state index in [-0.39, 0.29) is 0 Å². The fraction of sp³-hybridized carbons (Fsp3) is 0.788. The first-order chi connectivity index (χ1) is 17.8. The molecule has 0 aromatic heterocycles. The van der Waals surface area contributed by atoms with Gasteiger partial charge in [0.25, 0.3) is 0 Å². The van der Waals surface area contributed by atoms with Crippen molar-refractivity contribution in [3.63, 3.8) is 0 Å². The minimum atomic E-state index is -0.938. The predicted octanol–water partition coefficient (Wildman–Crippen LogP) is 8.70. The van der Waals surface area contributed by atoms with E-state index < -0.39 is 23.8 Å². The highest BCUT2D eigenvalue weighted by Crippen LogP contribution is 2.45. The lowest BCUT2D eigenvalue weighted by Crippen LogP contribution is -2.52. The zero-order chi connectivity index (χ0) is 28.6. The minimum Gasteiger partial charge on any atom is -0.507 e. The van der Waals surface area contributed by atoms with Crippen molar-refractivity contribution in [1.82, 2.24) is 0 Å². The number of phenolic OH excluding ortho intramolecular Hbond substituents is 1. The molecule has 1 aliphatic rings. The maximum absolute atomic E-state index is 11.8. The van der Waals surface area contributed by atoms with E-state index in [2.05, 4.69) is 34.6 Å². The second-order valence-electron chi connectivity index (χ2n) is 12.9. The van der Waals surface area contributed by atoms with Gasteiger partial charge in [-0.15, -0.1) is 0 Å². The van der Waals surface area contributed by atoms with Crippen molar-refractivity contribution in [2.24, 2.45) is 17.8 Å². The van der Waals surface area contributed by atoms with Crippen LogP contribution < -0.4 is 4.74 Å². The number of fused-ring (bicyclic) bond motifs is 1. The van der Waals surface area contributed by atoms with Gasteiger partial charge in [-0.2, -0.15) is 0 Å². The van der Waals surface area contributed by atoms with E-state index in [9.17, 15) is 15.0 Å². The molecule has 0 amide bonds. The van der Waals surface area contributed by atoms with E-state index in [4.69, 9.17) is 9.47 Å². The molecule has 0 bridgehead atoms. The first-order valence-corrected chi connectivity index (χ1v) is 15.2. The minimum absolute atomic E-state index is 0.292. The molecule has 1 aromatic rings. The standard InChI is InChI=1S/C33H56O5/c1-10-28(32(35)36)37-29-20-27-26(8)30(34)24(6)25(7)31(27)38-33(29,9)19-13-18-23(5)17-12-16-22(4)15-11-14-21(2)3/h21-23,28-29,34H,10-20H2,1-9H3,(H,35,36)/t22-,23+,28?,29?,33-/m0/s1. The fourth-order valence-corrected chi connectivity index (χ4v) is 5.96. The Balaban J connectivity index is 2.04. The highest BCUT2D eigenvalue weighted by atomic mass is 16.6. The Kier molecular flexibility index (Phi) is 12.5. The zero-order valence-electron chi connectivity index (χ0n) is 25.8. The maximum Gasteiger partial charge on any atom is 0.332 e. The molecule has 2 rings (SSSR count). The van der Waals surface area contributed by atoms with Crippen molar-refractivity contribution in [2.45, 2.75) is 151 Å². The molecule has 1 aliphatic heterocycles. The maximum atomic E-state index is 11.8. The number of aliphatic carboxylic acids is 1. The summed E-state index contributed by atoms with van der Waals surface area (Å²) in [4.78, 5) is 11.8. The smallest absolute Gasteiger partial charge is 0.332 e. The molecule has 2 unspecified atom stereocenters. The molecule has 0 saturated heterocycles. The normalized spacial score (nSPS) is 21.6. The Bertz CT molecular complexity index is 907. The Hall–Kier alpha value is -1.75. The van der Waals surface area contributed by atoms with Gasteiger partial charge in [0.05, 0.1) is 0 Å². The highest BCUT2D eigenvalue weighted by molar-refractivity contribution is 5.72. The number of carboxylic acid groups (broad SMARTS) is 1. The average molecular weight is 533 g/mol. The molecule has 0 spiro atoms. The van der Waals surface area contributed by atoms with Gasteiger partial charge in [-0.05, 0) is 81.4 Å². The number of benzene rings is 1. The highest BCUT2D eigenvalue weighted by Gasteiger charge is 2.44. The molecule has 38 heavy (non-hydrogen) atoms. The summed E-state index contributed by atoms with van der Waals surface area (Å²) in [5.74, 6) is 2.46. The summed E-state index contributed by atoms with van der Waals surface area (Å²) in [6.45, 7) is 19.1. The number of carboxylic acids is 1. The Morgan fingerprint density at radius 2 is 1.50 bits per heavy atom. The first kappa shape index (κ1) is 32.5. The van der Waals surface area contributed by atoms with Gasteiger partial charge in [0.1, 0.15) is 23.2 Å². The van der Waals surface area contributed by atoms with Crippen LogP contribution in [0, 0.1) is 38.5 Å². The van der Waals surface area contributed by atoms with Crippen molar-refractivity contribution >= 4 is 5.97 Å². The summed E-state index contributed by atoms with van der Waals surface area (Å²) in [7, 11) is 0. The van der Waals surface area contributed by atoms with Crippen LogP contribution in [0.5, 0.6) is 11.5 Å². The summed E-state index contributed by atoms with van der Waals surface area (Å²) in [6.07, 6.45) is 10.5. The van der Waals surface area contributed by atoms with E-state index in [0.29, 0.717) is 24.5 Å². The monoisotopic (exact) mass is 532 g/mol. The molecule has 2 N–H and O–H groups in total. The van der Waals surface area contributed by atoms with Crippen molar-refractivity contribution in [1.29, 1.82) is 0 Å². The van der Waals surface area contributed by atoms with Crippen LogP contribution in [-0.4, -0.2) is 34.0 Å². The van der Waals surface area contributed by atoms with Crippen molar-refractivity contribution < 1.29 is 24.5 Å². The van der Waals surface area contributed by atoms with Gasteiger partial charge in [-0.25, -0.2) is 4.79 Å². The average Bonchev–Trinajstić information content (AvgIpc) is 2.84. The van der Waals surface area contributed by atoms with Gasteiger partial charge in [-0.3, -0.25) is 0 Å². The SMILES string of the molecule is CCC(OC1Cc2c(C)c(O)c(C)c(C)c2O[C@@]1(C)CCC[C@H](C)CCC[C@@H](C)CCCC(C)C)C(=O)O. The number of phenols is 1. The van der Waals surface area contributed by atoms with Gasteiger partial charge < -0.3 is 19.7 Å². The van der Waals surface area contributed by atoms with Gasteiger partial charge in [0.2, 0.25) is 0 Å². The number of ether oxygens (including phenoxy) is 2. The molecular weight excluding hydrogens is 476 g/mol. The molecule has 0 aliphatic carbocycles. The van der Waals surface area contributed by atoms with E-state index in [1.807, 2.05) is 27.7 Å². The topological polar surface area (TPSA) is 76.0 Å². The van der Waals surface area contributed by atoms with E-state index in [1.165, 1.54) is 38.5 Å². The fourth-order valence-electron chi connectivity index (χ4n) is 5.96. The third-order valence-electron chi connectivity index (χ3n) is 8.96. The summed E-state index contributed by atoms with van der Waals surface area (Å²) in [5.41, 5.74) is 2.90. The van der Waals surface area contributed by atoms with Crippen LogP contribution >= 0.6 is 0 Å². The largest absolute Gasteiger partial charge is 0.507 e. The van der Waals surface area contributed by atoms with Gasteiger partial charge >= 0.3 is 5.97 Å². The molecule has 218 valence electrons. The number of hydrogen-bond acceptors (Lipinski definition) is 4.